The molecule has 0 radical (unpaired) electrons. The summed E-state index contributed by atoms with van der Waals surface area (Å²) in [7, 11) is -1.53. The topological polar surface area (TPSA) is 20.2 Å². The van der Waals surface area contributed by atoms with Crippen molar-refractivity contribution in [3.63, 3.8) is 0 Å². The van der Waals surface area contributed by atoms with Crippen molar-refractivity contribution in [2.75, 3.05) is 0 Å². The van der Waals surface area contributed by atoms with E-state index in [0.717, 1.165) is 5.56 Å². The first-order valence-electron chi connectivity index (χ1n) is 7.56. The number of hydrogen-bond donors (Lipinski definition) is 1. The van der Waals surface area contributed by atoms with Gasteiger partial charge in [-0.05, 0) is 23.1 Å². The van der Waals surface area contributed by atoms with Crippen LogP contribution in [0.1, 0.15) is 52.7 Å². The maximum absolute atomic E-state index is 10.8. The van der Waals surface area contributed by atoms with Crippen molar-refractivity contribution >= 4 is 13.3 Å². The molecule has 1 nitrogen and oxygen atoms in total. The Hall–Kier alpha value is -0.763. The maximum atomic E-state index is 10.8. The van der Waals surface area contributed by atoms with Gasteiger partial charge in [0, 0.05) is 0 Å². The summed E-state index contributed by atoms with van der Waals surface area (Å²) in [5, 5.41) is 12.1. The van der Waals surface area contributed by atoms with Crippen LogP contribution in [0.3, 0.4) is 0 Å². The average molecular weight is 279 g/mol. The zero-order valence-corrected chi connectivity index (χ0v) is 14.7. The number of hydrogen-bond acceptors (Lipinski definition) is 1. The zero-order chi connectivity index (χ0) is 14.8. The van der Waals surface area contributed by atoms with E-state index >= 15 is 0 Å². The molecule has 0 bridgehead atoms. The smallest absolute Gasteiger partial charge is 0.118 e. The van der Waals surface area contributed by atoms with Gasteiger partial charge in [0.25, 0.3) is 0 Å². The second-order valence-corrected chi connectivity index (χ2v) is 12.0. The van der Waals surface area contributed by atoms with Crippen molar-refractivity contribution < 1.29 is 5.11 Å². The molecule has 0 heterocycles. The summed E-state index contributed by atoms with van der Waals surface area (Å²) in [4.78, 5) is 0. The molecule has 0 atom stereocenters. The fourth-order valence-electron chi connectivity index (χ4n) is 3.08. The number of benzene rings is 1. The molecule has 1 rings (SSSR count). The Kier molecular flexibility index (Phi) is 4.89. The van der Waals surface area contributed by atoms with Crippen molar-refractivity contribution in [2.24, 2.45) is 0 Å². The van der Waals surface area contributed by atoms with E-state index in [1.807, 2.05) is 0 Å². The van der Waals surface area contributed by atoms with Gasteiger partial charge in [0.2, 0.25) is 0 Å². The van der Waals surface area contributed by atoms with E-state index in [1.54, 1.807) is 0 Å². The monoisotopic (exact) mass is 278 g/mol. The zero-order valence-electron chi connectivity index (χ0n) is 13.7. The molecule has 0 saturated carbocycles. The van der Waals surface area contributed by atoms with Crippen LogP contribution in [0.2, 0.25) is 18.1 Å². The summed E-state index contributed by atoms with van der Waals surface area (Å²) < 4.78 is 0. The summed E-state index contributed by atoms with van der Waals surface area (Å²) >= 11 is 0. The third-order valence-electron chi connectivity index (χ3n) is 4.66. The maximum Gasteiger partial charge on any atom is 0.118 e. The first-order valence-corrected chi connectivity index (χ1v) is 10.2. The van der Waals surface area contributed by atoms with Crippen LogP contribution in [0.25, 0.3) is 0 Å². The molecule has 0 unspecified atom stereocenters. The Morgan fingerprint density at radius 1 is 1.00 bits per heavy atom. The lowest BCUT2D eigenvalue weighted by atomic mass is 9.85. The fourth-order valence-corrected chi connectivity index (χ4v) is 6.89. The van der Waals surface area contributed by atoms with E-state index in [1.165, 1.54) is 28.9 Å². The van der Waals surface area contributed by atoms with Crippen LogP contribution in [0.4, 0.5) is 0 Å². The van der Waals surface area contributed by atoms with Crippen LogP contribution >= 0.6 is 0 Å². The second kappa shape index (κ2) is 5.70. The first-order chi connectivity index (χ1) is 8.71. The van der Waals surface area contributed by atoms with Gasteiger partial charge in [0.05, 0.1) is 8.07 Å². The quantitative estimate of drug-likeness (QED) is 0.791. The van der Waals surface area contributed by atoms with Gasteiger partial charge in [-0.25, -0.2) is 0 Å². The molecule has 0 aliphatic carbocycles. The molecule has 0 amide bonds. The van der Waals surface area contributed by atoms with Gasteiger partial charge in [0.1, 0.15) is 5.75 Å². The first kappa shape index (κ1) is 16.3. The number of phenols is 1. The summed E-state index contributed by atoms with van der Waals surface area (Å²) in [5.74, 6) is 0.579. The predicted octanol–water partition coefficient (Wildman–Crippen LogP) is 4.71. The molecule has 0 aliphatic rings. The van der Waals surface area contributed by atoms with Crippen LogP contribution in [0.5, 0.6) is 5.75 Å². The van der Waals surface area contributed by atoms with Crippen LogP contribution < -0.4 is 5.19 Å². The Morgan fingerprint density at radius 3 is 1.84 bits per heavy atom. The Morgan fingerprint density at radius 2 is 1.47 bits per heavy atom. The highest BCUT2D eigenvalue weighted by Crippen LogP contribution is 2.34. The summed E-state index contributed by atoms with van der Waals surface area (Å²) in [6, 6.07) is 8.02. The van der Waals surface area contributed by atoms with E-state index in [-0.39, 0.29) is 5.41 Å². The van der Waals surface area contributed by atoms with Crippen molar-refractivity contribution in [1.82, 2.24) is 0 Å². The van der Waals surface area contributed by atoms with Gasteiger partial charge in [-0.3, -0.25) is 0 Å². The predicted molar refractivity (Wildman–Crippen MR) is 88.4 cm³/mol. The molecule has 0 saturated heterocycles. The Bertz CT molecular complexity index is 431. The highest BCUT2D eigenvalue weighted by Gasteiger charge is 2.34. The Balaban J connectivity index is 3.57. The van der Waals surface area contributed by atoms with Crippen molar-refractivity contribution in [3.8, 4) is 5.75 Å². The molecule has 1 aromatic carbocycles. The van der Waals surface area contributed by atoms with E-state index in [2.05, 4.69) is 60.6 Å². The molecule has 0 aromatic heterocycles. The SMILES string of the molecule is CC[Si](CC)(CC)c1cc(C)cc(C(C)(C)C)c1O. The van der Waals surface area contributed by atoms with Crippen LogP contribution in [0.15, 0.2) is 12.1 Å². The molecule has 0 spiro atoms. The minimum absolute atomic E-state index is 0.000216. The largest absolute Gasteiger partial charge is 0.508 e. The number of rotatable bonds is 4. The minimum atomic E-state index is -1.53. The van der Waals surface area contributed by atoms with Gasteiger partial charge in [-0.2, -0.15) is 0 Å². The lowest BCUT2D eigenvalue weighted by Crippen LogP contribution is -2.46. The molecule has 0 aliphatic heterocycles. The number of aromatic hydroxyl groups is 1. The van der Waals surface area contributed by atoms with Crippen LogP contribution in [-0.4, -0.2) is 13.2 Å². The fraction of sp³-hybridized carbons (Fsp3) is 0.647. The molecular formula is C17H30OSi. The average Bonchev–Trinajstić information content (AvgIpc) is 2.34. The molecule has 108 valence electrons. The Labute approximate surface area is 120 Å². The van der Waals surface area contributed by atoms with Crippen LogP contribution in [-0.2, 0) is 5.41 Å². The second-order valence-electron chi connectivity index (χ2n) is 6.80. The molecular weight excluding hydrogens is 248 g/mol. The molecule has 2 heteroatoms. The summed E-state index contributed by atoms with van der Waals surface area (Å²) in [6.07, 6.45) is 0. The van der Waals surface area contributed by atoms with Gasteiger partial charge in [-0.1, -0.05) is 77.4 Å². The van der Waals surface area contributed by atoms with Gasteiger partial charge >= 0.3 is 0 Å². The van der Waals surface area contributed by atoms with E-state index in [4.69, 9.17) is 0 Å². The molecule has 1 N–H and O–H groups in total. The normalized spacial score (nSPS) is 12.8. The lowest BCUT2D eigenvalue weighted by molar-refractivity contribution is 0.450. The van der Waals surface area contributed by atoms with Gasteiger partial charge < -0.3 is 5.11 Å². The van der Waals surface area contributed by atoms with Crippen LogP contribution in [0, 0.1) is 6.92 Å². The minimum Gasteiger partial charge on any atom is -0.508 e. The van der Waals surface area contributed by atoms with Gasteiger partial charge in [0.15, 0.2) is 0 Å². The number of phenolic OH excluding ortho intramolecular Hbond substituents is 1. The lowest BCUT2D eigenvalue weighted by Gasteiger charge is -2.32. The summed E-state index contributed by atoms with van der Waals surface area (Å²) in [5.41, 5.74) is 2.39. The molecule has 0 fully saturated rings. The standard InChI is InChI=1S/C17H30OSi/c1-8-19(9-2,10-3)15-12-13(4)11-14(16(15)18)17(5,6)7/h11-12,18H,8-10H2,1-7H3. The highest BCUT2D eigenvalue weighted by atomic mass is 28.3. The molecule has 19 heavy (non-hydrogen) atoms. The van der Waals surface area contributed by atoms with Crippen molar-refractivity contribution in [1.29, 1.82) is 0 Å². The highest BCUT2D eigenvalue weighted by molar-refractivity contribution is 6.92. The van der Waals surface area contributed by atoms with E-state index in [0.29, 0.717) is 5.75 Å². The molecule has 1 aromatic rings. The van der Waals surface area contributed by atoms with E-state index < -0.39 is 8.07 Å². The third-order valence-corrected chi connectivity index (χ3v) is 10.2. The van der Waals surface area contributed by atoms with Gasteiger partial charge in [-0.15, -0.1) is 0 Å². The number of aryl methyl sites for hydroxylation is 1. The van der Waals surface area contributed by atoms with Crippen molar-refractivity contribution in [3.05, 3.63) is 23.3 Å². The van der Waals surface area contributed by atoms with Crippen molar-refractivity contribution in [2.45, 2.75) is 72.0 Å². The van der Waals surface area contributed by atoms with E-state index in [9.17, 15) is 5.11 Å². The summed E-state index contributed by atoms with van der Waals surface area (Å²) in [6.45, 7) is 15.6. The third kappa shape index (κ3) is 3.05.